The number of aromatic nitrogens is 3. The van der Waals surface area contributed by atoms with Crippen molar-refractivity contribution in [1.29, 1.82) is 0 Å². The van der Waals surface area contributed by atoms with Crippen LogP contribution in [0.2, 0.25) is 0 Å². The van der Waals surface area contributed by atoms with Crippen molar-refractivity contribution in [2.45, 2.75) is 25.7 Å². The van der Waals surface area contributed by atoms with Crippen LogP contribution in [0, 0.1) is 0 Å². The van der Waals surface area contributed by atoms with E-state index in [0.29, 0.717) is 12.5 Å². The molecule has 0 unspecified atom stereocenters. The maximum absolute atomic E-state index is 5.67. The zero-order chi connectivity index (χ0) is 13.5. The molecule has 5 heteroatoms. The Kier molecular flexibility index (Phi) is 2.73. The van der Waals surface area contributed by atoms with E-state index in [2.05, 4.69) is 5.10 Å². The Morgan fingerprint density at radius 3 is 2.95 bits per heavy atom. The van der Waals surface area contributed by atoms with E-state index in [-0.39, 0.29) is 0 Å². The van der Waals surface area contributed by atoms with Crippen molar-refractivity contribution >= 4 is 16.3 Å². The average Bonchev–Trinajstić information content (AvgIpc) is 3.11. The highest BCUT2D eigenvalue weighted by molar-refractivity contribution is 7.16. The second-order valence-corrected chi connectivity index (χ2v) is 5.98. The van der Waals surface area contributed by atoms with Gasteiger partial charge in [-0.05, 0) is 31.9 Å². The third-order valence-corrected chi connectivity index (χ3v) is 4.53. The summed E-state index contributed by atoms with van der Waals surface area (Å²) in [5.74, 6) is 1.56. The lowest BCUT2D eigenvalue weighted by atomic mass is 10.1. The topological polar surface area (TPSA) is 39.4 Å². The van der Waals surface area contributed by atoms with Crippen LogP contribution >= 0.6 is 11.3 Å². The smallest absolute Gasteiger partial charge is 0.212 e. The summed E-state index contributed by atoms with van der Waals surface area (Å²) >= 11 is 1.70. The van der Waals surface area contributed by atoms with Crippen LogP contribution in [0.5, 0.6) is 5.75 Å². The van der Waals surface area contributed by atoms with Crippen molar-refractivity contribution in [1.82, 2.24) is 14.6 Å². The van der Waals surface area contributed by atoms with Crippen molar-refractivity contribution in [2.24, 2.45) is 0 Å². The first-order valence-electron chi connectivity index (χ1n) is 6.93. The Balaban J connectivity index is 1.76. The molecule has 4 nitrogen and oxygen atoms in total. The van der Waals surface area contributed by atoms with E-state index in [1.54, 1.807) is 11.3 Å². The van der Waals surface area contributed by atoms with E-state index in [1.807, 2.05) is 41.9 Å². The van der Waals surface area contributed by atoms with E-state index < -0.39 is 0 Å². The van der Waals surface area contributed by atoms with Crippen LogP contribution in [-0.2, 0) is 0 Å². The monoisotopic (exact) mass is 285 g/mol. The maximum Gasteiger partial charge on any atom is 0.212 e. The number of hydrogen-bond donors (Lipinski definition) is 0. The Bertz CT molecular complexity index is 726. The van der Waals surface area contributed by atoms with Gasteiger partial charge in [0.15, 0.2) is 0 Å². The number of imidazole rings is 1. The third kappa shape index (κ3) is 1.98. The lowest BCUT2D eigenvalue weighted by Gasteiger charge is -2.07. The molecule has 1 saturated carbocycles. The molecule has 2 aromatic heterocycles. The van der Waals surface area contributed by atoms with Gasteiger partial charge in [0.1, 0.15) is 10.8 Å². The van der Waals surface area contributed by atoms with Gasteiger partial charge in [0.25, 0.3) is 0 Å². The molecule has 0 bridgehead atoms. The maximum atomic E-state index is 5.67. The largest absolute Gasteiger partial charge is 0.493 e. The van der Waals surface area contributed by atoms with Crippen LogP contribution in [0.4, 0.5) is 0 Å². The van der Waals surface area contributed by atoms with Crippen LogP contribution < -0.4 is 4.74 Å². The summed E-state index contributed by atoms with van der Waals surface area (Å²) in [4.78, 5) is 5.66. The van der Waals surface area contributed by atoms with Crippen LogP contribution in [0.3, 0.4) is 0 Å². The molecule has 0 amide bonds. The van der Waals surface area contributed by atoms with Gasteiger partial charge >= 0.3 is 0 Å². The quantitative estimate of drug-likeness (QED) is 0.733. The van der Waals surface area contributed by atoms with E-state index in [0.717, 1.165) is 22.0 Å². The highest BCUT2D eigenvalue weighted by atomic mass is 32.1. The van der Waals surface area contributed by atoms with Gasteiger partial charge in [0.05, 0.1) is 18.5 Å². The summed E-state index contributed by atoms with van der Waals surface area (Å²) in [5.41, 5.74) is 1.95. The summed E-state index contributed by atoms with van der Waals surface area (Å²) in [6.07, 6.45) is 4.54. The molecule has 102 valence electrons. The Morgan fingerprint density at radius 2 is 2.20 bits per heavy atom. The van der Waals surface area contributed by atoms with Gasteiger partial charge < -0.3 is 4.74 Å². The van der Waals surface area contributed by atoms with Crippen molar-refractivity contribution < 1.29 is 4.74 Å². The van der Waals surface area contributed by atoms with Crippen LogP contribution in [0.25, 0.3) is 16.2 Å². The summed E-state index contributed by atoms with van der Waals surface area (Å²) in [6, 6.07) is 8.01. The first kappa shape index (κ1) is 11.9. The molecule has 0 aliphatic heterocycles. The fourth-order valence-electron chi connectivity index (χ4n) is 2.30. The minimum absolute atomic E-state index is 0.656. The second-order valence-electron chi connectivity index (χ2n) is 5.00. The molecule has 1 aliphatic carbocycles. The molecule has 4 rings (SSSR count). The molecule has 20 heavy (non-hydrogen) atoms. The van der Waals surface area contributed by atoms with Crippen molar-refractivity contribution in [2.75, 3.05) is 6.61 Å². The number of fused-ring (bicyclic) bond motifs is 1. The first-order chi connectivity index (χ1) is 9.85. The van der Waals surface area contributed by atoms with E-state index in [9.17, 15) is 0 Å². The first-order valence-corrected chi connectivity index (χ1v) is 7.75. The molecule has 0 radical (unpaired) electrons. The minimum atomic E-state index is 0.656. The zero-order valence-electron chi connectivity index (χ0n) is 11.2. The SMILES string of the molecule is CCOc1ccccc1-c1cn2nc(C3CC3)sc2n1. The highest BCUT2D eigenvalue weighted by Crippen LogP contribution is 2.42. The number of hydrogen-bond acceptors (Lipinski definition) is 4. The number of para-hydroxylation sites is 1. The third-order valence-electron chi connectivity index (χ3n) is 3.45. The molecule has 0 spiro atoms. The van der Waals surface area contributed by atoms with Crippen LogP contribution in [-0.4, -0.2) is 21.2 Å². The molecular formula is C15H15N3OS. The van der Waals surface area contributed by atoms with Gasteiger partial charge in [-0.1, -0.05) is 23.5 Å². The van der Waals surface area contributed by atoms with Gasteiger partial charge in [-0.25, -0.2) is 9.50 Å². The summed E-state index contributed by atoms with van der Waals surface area (Å²) in [5, 5.41) is 5.85. The molecule has 0 N–H and O–H groups in total. The molecular weight excluding hydrogens is 270 g/mol. The highest BCUT2D eigenvalue weighted by Gasteiger charge is 2.28. The van der Waals surface area contributed by atoms with Gasteiger partial charge in [0, 0.05) is 11.5 Å². The summed E-state index contributed by atoms with van der Waals surface area (Å²) in [7, 11) is 0. The van der Waals surface area contributed by atoms with E-state index >= 15 is 0 Å². The molecule has 0 saturated heterocycles. The molecule has 1 aromatic carbocycles. The standard InChI is InChI=1S/C15H15N3OS/c1-2-19-13-6-4-3-5-11(13)12-9-18-15(16-12)20-14(17-18)10-7-8-10/h3-6,9-10H,2,7-8H2,1H3. The van der Waals surface area contributed by atoms with Crippen LogP contribution in [0.15, 0.2) is 30.5 Å². The molecule has 1 fully saturated rings. The molecule has 3 aromatic rings. The van der Waals surface area contributed by atoms with Crippen LogP contribution in [0.1, 0.15) is 30.7 Å². The number of benzene rings is 1. The number of ether oxygens (including phenoxy) is 1. The van der Waals surface area contributed by atoms with Crippen molar-refractivity contribution in [3.63, 3.8) is 0 Å². The van der Waals surface area contributed by atoms with Gasteiger partial charge in [-0.15, -0.1) is 0 Å². The molecule has 2 heterocycles. The fraction of sp³-hybridized carbons (Fsp3) is 0.333. The average molecular weight is 285 g/mol. The van der Waals surface area contributed by atoms with Gasteiger partial charge in [-0.3, -0.25) is 0 Å². The summed E-state index contributed by atoms with van der Waals surface area (Å²) < 4.78 is 7.57. The second kappa shape index (κ2) is 4.59. The van der Waals surface area contributed by atoms with Gasteiger partial charge in [0.2, 0.25) is 4.96 Å². The van der Waals surface area contributed by atoms with Gasteiger partial charge in [-0.2, -0.15) is 5.10 Å². The van der Waals surface area contributed by atoms with E-state index in [1.165, 1.54) is 17.8 Å². The lowest BCUT2D eigenvalue weighted by molar-refractivity contribution is 0.341. The Labute approximate surface area is 121 Å². The number of rotatable bonds is 4. The minimum Gasteiger partial charge on any atom is -0.493 e. The van der Waals surface area contributed by atoms with E-state index in [4.69, 9.17) is 9.72 Å². The van der Waals surface area contributed by atoms with Crippen molar-refractivity contribution in [3.8, 4) is 17.0 Å². The molecule has 1 aliphatic rings. The fourth-order valence-corrected chi connectivity index (χ4v) is 3.35. The predicted octanol–water partition coefficient (Wildman–Crippen LogP) is 3.73. The van der Waals surface area contributed by atoms with Crippen molar-refractivity contribution in [3.05, 3.63) is 35.5 Å². The lowest BCUT2D eigenvalue weighted by Crippen LogP contribution is -1.93. The summed E-state index contributed by atoms with van der Waals surface area (Å²) in [6.45, 7) is 2.65. The number of nitrogens with zero attached hydrogens (tertiary/aromatic N) is 3. The molecule has 0 atom stereocenters. The zero-order valence-corrected chi connectivity index (χ0v) is 12.1. The Hall–Kier alpha value is -1.88. The predicted molar refractivity (Wildman–Crippen MR) is 79.4 cm³/mol. The normalized spacial score (nSPS) is 14.8. The Morgan fingerprint density at radius 1 is 1.35 bits per heavy atom.